The van der Waals surface area contributed by atoms with Gasteiger partial charge in [0.05, 0.1) is 27.6 Å². The van der Waals surface area contributed by atoms with E-state index in [4.69, 9.17) is 14.9 Å². The summed E-state index contributed by atoms with van der Waals surface area (Å²) in [6.07, 6.45) is 10.0. The quantitative estimate of drug-likeness (QED) is 0.183. The van der Waals surface area contributed by atoms with E-state index in [9.17, 15) is 14.4 Å². The number of carboxylic acids is 2. The molecule has 0 saturated heterocycles. The van der Waals surface area contributed by atoms with Crippen LogP contribution in [0, 0.1) is 0 Å². The highest BCUT2D eigenvalue weighted by Crippen LogP contribution is 2.08. The third-order valence-electron chi connectivity index (χ3n) is 2.91. The van der Waals surface area contributed by atoms with E-state index >= 15 is 0 Å². The molecule has 0 heterocycles. The van der Waals surface area contributed by atoms with Gasteiger partial charge in [0.25, 0.3) is 0 Å². The molecule has 0 amide bonds. The minimum Gasteiger partial charge on any atom is -0.481 e. The van der Waals surface area contributed by atoms with E-state index in [1.807, 2.05) is 27.2 Å². The van der Waals surface area contributed by atoms with Gasteiger partial charge in [-0.2, -0.15) is 0 Å². The summed E-state index contributed by atoms with van der Waals surface area (Å²) in [6, 6.07) is 0. The molecule has 0 rings (SSSR count). The van der Waals surface area contributed by atoms with E-state index in [0.717, 1.165) is 6.08 Å². The fraction of sp³-hybridized carbons (Fsp3) is 0.500. The van der Waals surface area contributed by atoms with E-state index in [1.165, 1.54) is 6.08 Å². The minimum atomic E-state index is -1.00. The van der Waals surface area contributed by atoms with Crippen molar-refractivity contribution >= 4 is 17.9 Å². The number of unbranched alkanes of at least 4 members (excludes halogenated alkanes) is 1. The normalized spacial score (nSPS) is 13.6. The fourth-order valence-electron chi connectivity index (χ4n) is 2.00. The monoisotopic (exact) mass is 354 g/mol. The number of quaternary nitrogens is 1. The zero-order valence-electron chi connectivity index (χ0n) is 15.1. The van der Waals surface area contributed by atoms with Crippen LogP contribution in [-0.2, 0) is 19.1 Å². The Kier molecular flexibility index (Phi) is 10.9. The molecule has 140 valence electrons. The molecule has 0 aromatic heterocycles. The molecule has 25 heavy (non-hydrogen) atoms. The van der Waals surface area contributed by atoms with Gasteiger partial charge in [0, 0.05) is 12.5 Å². The number of rotatable bonds is 12. The second-order valence-electron chi connectivity index (χ2n) is 6.59. The standard InChI is InChI=1S/C18H27NO6/c1-19(2,3)14-15(13-17(22)23)25-18(24)12-10-8-6-4-5-7-9-11-16(20)21/h4-7,9,11,15H,8,10,12-14H2,1-3H3,(H-,20,21,22,23)/p+1/b6-4+,7-5+,11-9+. The van der Waals surface area contributed by atoms with Crippen LogP contribution in [0.2, 0.25) is 0 Å². The van der Waals surface area contributed by atoms with Gasteiger partial charge in [-0.15, -0.1) is 0 Å². The van der Waals surface area contributed by atoms with E-state index in [-0.39, 0.29) is 12.8 Å². The molecular formula is C18H28NO6+. The number of esters is 1. The molecular weight excluding hydrogens is 326 g/mol. The summed E-state index contributed by atoms with van der Waals surface area (Å²) < 4.78 is 5.79. The summed E-state index contributed by atoms with van der Waals surface area (Å²) in [6.45, 7) is 0.437. The smallest absolute Gasteiger partial charge is 0.328 e. The zero-order valence-corrected chi connectivity index (χ0v) is 15.1. The number of nitrogens with zero attached hydrogens (tertiary/aromatic N) is 1. The predicted molar refractivity (Wildman–Crippen MR) is 93.9 cm³/mol. The summed E-state index contributed by atoms with van der Waals surface area (Å²) >= 11 is 0. The van der Waals surface area contributed by atoms with Crippen molar-refractivity contribution in [2.24, 2.45) is 0 Å². The third kappa shape index (κ3) is 16.2. The van der Waals surface area contributed by atoms with Crippen molar-refractivity contribution < 1.29 is 33.8 Å². The van der Waals surface area contributed by atoms with Gasteiger partial charge in [0.15, 0.2) is 6.10 Å². The summed E-state index contributed by atoms with van der Waals surface area (Å²) in [5.41, 5.74) is 0. The van der Waals surface area contributed by atoms with Crippen LogP contribution in [0.4, 0.5) is 0 Å². The van der Waals surface area contributed by atoms with Crippen LogP contribution in [0.25, 0.3) is 0 Å². The lowest BCUT2D eigenvalue weighted by Gasteiger charge is -2.28. The van der Waals surface area contributed by atoms with Crippen LogP contribution in [0.3, 0.4) is 0 Å². The number of allylic oxidation sites excluding steroid dienone is 5. The molecule has 1 unspecified atom stereocenters. The molecule has 1 atom stereocenters. The van der Waals surface area contributed by atoms with Crippen molar-refractivity contribution in [2.75, 3.05) is 27.7 Å². The Balaban J connectivity index is 4.14. The highest BCUT2D eigenvalue weighted by molar-refractivity contribution is 5.80. The summed E-state index contributed by atoms with van der Waals surface area (Å²) in [4.78, 5) is 32.9. The van der Waals surface area contributed by atoms with Crippen molar-refractivity contribution in [1.29, 1.82) is 0 Å². The first kappa shape index (κ1) is 22.6. The lowest BCUT2D eigenvalue weighted by molar-refractivity contribution is -0.873. The topological polar surface area (TPSA) is 101 Å². The number of hydrogen-bond donors (Lipinski definition) is 2. The highest BCUT2D eigenvalue weighted by Gasteiger charge is 2.24. The van der Waals surface area contributed by atoms with Gasteiger partial charge < -0.3 is 19.4 Å². The molecule has 0 aliphatic heterocycles. The highest BCUT2D eigenvalue weighted by atomic mass is 16.5. The Bertz CT molecular complexity index is 528. The van der Waals surface area contributed by atoms with Crippen molar-refractivity contribution in [3.63, 3.8) is 0 Å². The number of carboxylic acid groups (broad SMARTS) is 2. The number of hydrogen-bond acceptors (Lipinski definition) is 4. The van der Waals surface area contributed by atoms with Gasteiger partial charge in [-0.25, -0.2) is 4.79 Å². The van der Waals surface area contributed by atoms with Crippen LogP contribution >= 0.6 is 0 Å². The van der Waals surface area contributed by atoms with E-state index in [1.54, 1.807) is 18.2 Å². The molecule has 0 aromatic carbocycles. The molecule has 0 fully saturated rings. The van der Waals surface area contributed by atoms with Crippen molar-refractivity contribution in [1.82, 2.24) is 0 Å². The van der Waals surface area contributed by atoms with Crippen molar-refractivity contribution in [3.05, 3.63) is 36.5 Å². The van der Waals surface area contributed by atoms with Gasteiger partial charge in [-0.05, 0) is 12.8 Å². The van der Waals surface area contributed by atoms with Gasteiger partial charge in [-0.3, -0.25) is 9.59 Å². The van der Waals surface area contributed by atoms with E-state index < -0.39 is 24.0 Å². The first-order valence-corrected chi connectivity index (χ1v) is 8.04. The molecule has 7 heteroatoms. The molecule has 0 saturated carbocycles. The second-order valence-corrected chi connectivity index (χ2v) is 6.59. The van der Waals surface area contributed by atoms with Crippen molar-refractivity contribution in [3.8, 4) is 0 Å². The lowest BCUT2D eigenvalue weighted by Crippen LogP contribution is -2.43. The zero-order chi connectivity index (χ0) is 19.3. The van der Waals surface area contributed by atoms with E-state index in [0.29, 0.717) is 23.9 Å². The number of likely N-dealkylation sites (N-methyl/N-ethyl adjacent to an activating group) is 1. The Hall–Kier alpha value is -2.41. The summed E-state index contributed by atoms with van der Waals surface area (Å²) in [5.74, 6) is -2.38. The fourth-order valence-corrected chi connectivity index (χ4v) is 2.00. The van der Waals surface area contributed by atoms with Crippen LogP contribution in [0.1, 0.15) is 25.7 Å². The van der Waals surface area contributed by atoms with Gasteiger partial charge in [-0.1, -0.05) is 30.4 Å². The first-order valence-electron chi connectivity index (χ1n) is 8.04. The van der Waals surface area contributed by atoms with Crippen LogP contribution in [0.15, 0.2) is 36.5 Å². The first-order chi connectivity index (χ1) is 11.6. The Morgan fingerprint density at radius 2 is 1.68 bits per heavy atom. The summed E-state index contributed by atoms with van der Waals surface area (Å²) in [7, 11) is 5.73. The number of aliphatic carboxylic acids is 2. The largest absolute Gasteiger partial charge is 0.481 e. The molecule has 0 radical (unpaired) electrons. The number of carbonyl (C=O) groups is 3. The molecule has 0 aliphatic rings. The molecule has 0 aliphatic carbocycles. The third-order valence-corrected chi connectivity index (χ3v) is 2.91. The summed E-state index contributed by atoms with van der Waals surface area (Å²) in [5, 5.41) is 17.3. The predicted octanol–water partition coefficient (Wildman–Crippen LogP) is 2.00. The minimum absolute atomic E-state index is 0.199. The molecule has 2 N–H and O–H groups in total. The van der Waals surface area contributed by atoms with Gasteiger partial charge >= 0.3 is 17.9 Å². The van der Waals surface area contributed by atoms with Crippen LogP contribution < -0.4 is 0 Å². The average molecular weight is 354 g/mol. The van der Waals surface area contributed by atoms with Crippen LogP contribution in [-0.4, -0.2) is 66.4 Å². The maximum Gasteiger partial charge on any atom is 0.328 e. The Morgan fingerprint density at radius 1 is 1.04 bits per heavy atom. The lowest BCUT2D eigenvalue weighted by atomic mass is 10.2. The van der Waals surface area contributed by atoms with Crippen LogP contribution in [0.5, 0.6) is 0 Å². The molecule has 0 aromatic rings. The maximum atomic E-state index is 11.8. The Morgan fingerprint density at radius 3 is 2.24 bits per heavy atom. The maximum absolute atomic E-state index is 11.8. The van der Waals surface area contributed by atoms with Gasteiger partial charge in [0.2, 0.25) is 0 Å². The van der Waals surface area contributed by atoms with Gasteiger partial charge in [0.1, 0.15) is 6.54 Å². The Labute approximate surface area is 148 Å². The molecule has 7 nitrogen and oxygen atoms in total. The van der Waals surface area contributed by atoms with Crippen molar-refractivity contribution in [2.45, 2.75) is 31.8 Å². The average Bonchev–Trinajstić information content (AvgIpc) is 2.42. The van der Waals surface area contributed by atoms with E-state index in [2.05, 4.69) is 0 Å². The molecule has 0 bridgehead atoms. The SMILES string of the molecule is C[N+](C)(C)CC(CC(=O)O)OC(=O)CCC/C=C/C=C/C=C/C(=O)O. The molecule has 0 spiro atoms. The number of carbonyl (C=O) groups excluding carboxylic acids is 1. The number of ether oxygens (including phenoxy) is 1. The second kappa shape index (κ2) is 12.0.